The van der Waals surface area contributed by atoms with Crippen LogP contribution in [-0.4, -0.2) is 24.6 Å². The van der Waals surface area contributed by atoms with Crippen molar-refractivity contribution in [3.8, 4) is 5.75 Å². The van der Waals surface area contributed by atoms with Crippen LogP contribution < -0.4 is 15.1 Å². The first-order valence-corrected chi connectivity index (χ1v) is 11.1. The van der Waals surface area contributed by atoms with E-state index in [-0.39, 0.29) is 18.2 Å². The van der Waals surface area contributed by atoms with E-state index < -0.39 is 5.92 Å². The Hall–Kier alpha value is -3.35. The first-order chi connectivity index (χ1) is 16.0. The van der Waals surface area contributed by atoms with Crippen LogP contribution >= 0.6 is 23.2 Å². The van der Waals surface area contributed by atoms with Gasteiger partial charge in [0.2, 0.25) is 11.8 Å². The fraction of sp³-hybridized carbons (Fsp3) is 0.160. The van der Waals surface area contributed by atoms with Gasteiger partial charge >= 0.3 is 0 Å². The maximum Gasteiger partial charge on any atom is 0.245 e. The van der Waals surface area contributed by atoms with E-state index in [2.05, 4.69) is 10.5 Å². The minimum atomic E-state index is -0.473. The molecular weight excluding hydrogens is 461 g/mol. The Labute approximate surface area is 201 Å². The van der Waals surface area contributed by atoms with Crippen LogP contribution in [0.3, 0.4) is 0 Å². The van der Waals surface area contributed by atoms with E-state index in [1.807, 2.05) is 48.5 Å². The maximum atomic E-state index is 12.5. The Morgan fingerprint density at radius 2 is 1.76 bits per heavy atom. The van der Waals surface area contributed by atoms with Gasteiger partial charge in [0.1, 0.15) is 12.4 Å². The first kappa shape index (κ1) is 22.8. The normalized spacial score (nSPS) is 15.8. The molecule has 6 nitrogen and oxygen atoms in total. The molecule has 168 valence electrons. The SMILES string of the molecule is O=C(N/N=C\c1cccc(OCc2ccc(Cl)cc2)c1)[C@H]1CC(=O)N(c2ccc(Cl)cc2)C1. The van der Waals surface area contributed by atoms with Gasteiger partial charge in [0, 0.05) is 28.7 Å². The highest BCUT2D eigenvalue weighted by Crippen LogP contribution is 2.26. The van der Waals surface area contributed by atoms with Crippen LogP contribution in [0.5, 0.6) is 5.75 Å². The Morgan fingerprint density at radius 3 is 2.48 bits per heavy atom. The fourth-order valence-corrected chi connectivity index (χ4v) is 3.70. The molecule has 3 aromatic rings. The Kier molecular flexibility index (Phi) is 7.27. The number of carbonyl (C=O) groups excluding carboxylic acids is 2. The van der Waals surface area contributed by atoms with Crippen molar-refractivity contribution >= 4 is 46.9 Å². The van der Waals surface area contributed by atoms with E-state index in [9.17, 15) is 9.59 Å². The number of hydrogen-bond donors (Lipinski definition) is 1. The third-order valence-electron chi connectivity index (χ3n) is 5.20. The number of anilines is 1. The molecular formula is C25H21Cl2N3O3. The lowest BCUT2D eigenvalue weighted by Gasteiger charge is -2.16. The number of ether oxygens (including phenoxy) is 1. The molecule has 0 saturated carbocycles. The van der Waals surface area contributed by atoms with Gasteiger partial charge in [-0.05, 0) is 59.7 Å². The summed E-state index contributed by atoms with van der Waals surface area (Å²) in [6, 6.07) is 21.8. The van der Waals surface area contributed by atoms with E-state index in [0.29, 0.717) is 28.9 Å². The van der Waals surface area contributed by atoms with Gasteiger partial charge in [0.15, 0.2) is 0 Å². The third kappa shape index (κ3) is 6.12. The predicted octanol–water partition coefficient (Wildman–Crippen LogP) is 5.08. The third-order valence-corrected chi connectivity index (χ3v) is 5.70. The minimum Gasteiger partial charge on any atom is -0.489 e. The monoisotopic (exact) mass is 481 g/mol. The molecule has 0 aromatic heterocycles. The molecule has 2 amide bonds. The van der Waals surface area contributed by atoms with Crippen LogP contribution in [-0.2, 0) is 16.2 Å². The molecule has 0 bridgehead atoms. The summed E-state index contributed by atoms with van der Waals surface area (Å²) in [5.41, 5.74) is 5.03. The fourth-order valence-electron chi connectivity index (χ4n) is 3.45. The van der Waals surface area contributed by atoms with Crippen molar-refractivity contribution in [1.29, 1.82) is 0 Å². The number of nitrogens with one attached hydrogen (secondary N) is 1. The van der Waals surface area contributed by atoms with E-state index in [0.717, 1.165) is 16.8 Å². The lowest BCUT2D eigenvalue weighted by Crippen LogP contribution is -2.30. The summed E-state index contributed by atoms with van der Waals surface area (Å²) < 4.78 is 5.81. The maximum absolute atomic E-state index is 12.5. The van der Waals surface area contributed by atoms with Crippen LogP contribution in [0.2, 0.25) is 10.0 Å². The zero-order valence-electron chi connectivity index (χ0n) is 17.6. The quantitative estimate of drug-likeness (QED) is 0.378. The Balaban J connectivity index is 1.30. The number of nitrogens with zero attached hydrogens (tertiary/aromatic N) is 2. The molecule has 8 heteroatoms. The summed E-state index contributed by atoms with van der Waals surface area (Å²) in [5, 5.41) is 5.32. The number of hydrazone groups is 1. The van der Waals surface area contributed by atoms with Gasteiger partial charge in [-0.15, -0.1) is 0 Å². The second kappa shape index (κ2) is 10.5. The smallest absolute Gasteiger partial charge is 0.245 e. The van der Waals surface area contributed by atoms with Crippen molar-refractivity contribution in [3.05, 3.63) is 94.0 Å². The molecule has 0 unspecified atom stereocenters. The molecule has 1 aliphatic rings. The molecule has 0 aliphatic carbocycles. The number of benzene rings is 3. The second-order valence-corrected chi connectivity index (χ2v) is 8.48. The number of hydrogen-bond acceptors (Lipinski definition) is 4. The highest BCUT2D eigenvalue weighted by molar-refractivity contribution is 6.30. The number of carbonyl (C=O) groups is 2. The summed E-state index contributed by atoms with van der Waals surface area (Å²) in [4.78, 5) is 26.4. The van der Waals surface area contributed by atoms with Gasteiger partial charge in [0.05, 0.1) is 12.1 Å². The minimum absolute atomic E-state index is 0.105. The lowest BCUT2D eigenvalue weighted by atomic mass is 10.1. The van der Waals surface area contributed by atoms with Gasteiger partial charge < -0.3 is 9.64 Å². The molecule has 0 radical (unpaired) electrons. The summed E-state index contributed by atoms with van der Waals surface area (Å²) >= 11 is 11.8. The highest BCUT2D eigenvalue weighted by Gasteiger charge is 2.35. The average Bonchev–Trinajstić information content (AvgIpc) is 3.21. The molecule has 1 aliphatic heterocycles. The number of rotatable bonds is 7. The van der Waals surface area contributed by atoms with E-state index in [4.69, 9.17) is 27.9 Å². The largest absolute Gasteiger partial charge is 0.489 e. The Bertz CT molecular complexity index is 1160. The van der Waals surface area contributed by atoms with Crippen LogP contribution in [0.15, 0.2) is 77.9 Å². The van der Waals surface area contributed by atoms with Crippen LogP contribution in [0.4, 0.5) is 5.69 Å². The molecule has 1 saturated heterocycles. The lowest BCUT2D eigenvalue weighted by molar-refractivity contribution is -0.126. The van der Waals surface area contributed by atoms with Gasteiger partial charge in [-0.3, -0.25) is 9.59 Å². The topological polar surface area (TPSA) is 71.0 Å². The van der Waals surface area contributed by atoms with Gasteiger partial charge in [-0.25, -0.2) is 5.43 Å². The molecule has 1 heterocycles. The zero-order chi connectivity index (χ0) is 23.2. The standard InChI is InChI=1S/C25H21Cl2N3O3/c26-20-6-4-17(5-7-20)16-33-23-3-1-2-18(12-23)14-28-29-25(32)19-13-24(31)30(15-19)22-10-8-21(27)9-11-22/h1-12,14,19H,13,15-16H2,(H,29,32)/b28-14-/t19-/m0/s1. The van der Waals surface area contributed by atoms with Crippen molar-refractivity contribution in [2.24, 2.45) is 11.0 Å². The predicted molar refractivity (Wildman–Crippen MR) is 130 cm³/mol. The Morgan fingerprint density at radius 1 is 1.06 bits per heavy atom. The van der Waals surface area contributed by atoms with E-state index in [1.54, 1.807) is 35.4 Å². The highest BCUT2D eigenvalue weighted by atomic mass is 35.5. The second-order valence-electron chi connectivity index (χ2n) is 7.60. The summed E-state index contributed by atoms with van der Waals surface area (Å²) in [7, 11) is 0. The average molecular weight is 482 g/mol. The first-order valence-electron chi connectivity index (χ1n) is 10.3. The van der Waals surface area contributed by atoms with Gasteiger partial charge in [-0.1, -0.05) is 47.5 Å². The van der Waals surface area contributed by atoms with Crippen molar-refractivity contribution in [2.75, 3.05) is 11.4 Å². The summed E-state index contributed by atoms with van der Waals surface area (Å²) in [6.45, 7) is 0.712. The number of halogens is 2. The van der Waals surface area contributed by atoms with Gasteiger partial charge in [0.25, 0.3) is 0 Å². The zero-order valence-corrected chi connectivity index (χ0v) is 19.1. The molecule has 4 rings (SSSR count). The van der Waals surface area contributed by atoms with Crippen LogP contribution in [0, 0.1) is 5.92 Å². The van der Waals surface area contributed by atoms with E-state index >= 15 is 0 Å². The molecule has 33 heavy (non-hydrogen) atoms. The van der Waals surface area contributed by atoms with Crippen molar-refractivity contribution in [1.82, 2.24) is 5.43 Å². The van der Waals surface area contributed by atoms with Crippen molar-refractivity contribution < 1.29 is 14.3 Å². The summed E-state index contributed by atoms with van der Waals surface area (Å²) in [5.74, 6) is -0.196. The van der Waals surface area contributed by atoms with Crippen LogP contribution in [0.1, 0.15) is 17.5 Å². The molecule has 1 atom stereocenters. The van der Waals surface area contributed by atoms with E-state index in [1.165, 1.54) is 0 Å². The molecule has 1 N–H and O–H groups in total. The summed E-state index contributed by atoms with van der Waals surface area (Å²) in [6.07, 6.45) is 1.68. The molecule has 0 spiro atoms. The van der Waals surface area contributed by atoms with Gasteiger partial charge in [-0.2, -0.15) is 5.10 Å². The molecule has 3 aromatic carbocycles. The van der Waals surface area contributed by atoms with Crippen molar-refractivity contribution in [2.45, 2.75) is 13.0 Å². The molecule has 1 fully saturated rings. The number of amides is 2. The van der Waals surface area contributed by atoms with Crippen LogP contribution in [0.25, 0.3) is 0 Å². The van der Waals surface area contributed by atoms with Crippen molar-refractivity contribution in [3.63, 3.8) is 0 Å².